The van der Waals surface area contributed by atoms with E-state index in [1.165, 1.54) is 0 Å². The Morgan fingerprint density at radius 1 is 1.04 bits per heavy atom. The number of hydrogen-bond donors (Lipinski definition) is 2. The molecule has 0 aliphatic rings. The highest BCUT2D eigenvalue weighted by Crippen LogP contribution is 2.10. The average Bonchev–Trinajstić information content (AvgIpc) is 2.67. The molecular weight excluding hydrogens is 342 g/mol. The van der Waals surface area contributed by atoms with Crippen LogP contribution >= 0.6 is 0 Å². The number of ether oxygens (including phenoxy) is 1. The van der Waals surface area contributed by atoms with Crippen LogP contribution in [0.15, 0.2) is 48.5 Å². The van der Waals surface area contributed by atoms with E-state index in [2.05, 4.69) is 10.6 Å². The second-order valence-corrected chi connectivity index (χ2v) is 6.43. The Hall–Kier alpha value is -2.70. The Labute approximate surface area is 160 Å². The Balaban J connectivity index is 1.82. The van der Waals surface area contributed by atoms with Crippen molar-refractivity contribution in [1.29, 1.82) is 0 Å². The fourth-order valence-electron chi connectivity index (χ4n) is 2.79. The molecular formula is C21H27N3O3. The molecule has 2 aromatic carbocycles. The summed E-state index contributed by atoms with van der Waals surface area (Å²) >= 11 is 0. The quantitative estimate of drug-likeness (QED) is 0.709. The van der Waals surface area contributed by atoms with Gasteiger partial charge in [-0.05, 0) is 35.9 Å². The van der Waals surface area contributed by atoms with E-state index in [4.69, 9.17) is 4.74 Å². The van der Waals surface area contributed by atoms with Crippen LogP contribution in [0.3, 0.4) is 0 Å². The summed E-state index contributed by atoms with van der Waals surface area (Å²) in [5.41, 5.74) is 3.80. The van der Waals surface area contributed by atoms with Gasteiger partial charge in [0.15, 0.2) is 0 Å². The second kappa shape index (κ2) is 10.4. The van der Waals surface area contributed by atoms with E-state index in [0.717, 1.165) is 16.7 Å². The minimum absolute atomic E-state index is 0.0355. The Kier molecular flexibility index (Phi) is 7.98. The maximum atomic E-state index is 12.2. The molecule has 2 aromatic rings. The van der Waals surface area contributed by atoms with Gasteiger partial charge < -0.3 is 15.4 Å². The number of hydrogen-bond acceptors (Lipinski definition) is 4. The van der Waals surface area contributed by atoms with Gasteiger partial charge in [0, 0.05) is 32.8 Å². The van der Waals surface area contributed by atoms with Crippen LogP contribution in [0.1, 0.15) is 27.0 Å². The molecule has 0 radical (unpaired) electrons. The first-order valence-corrected chi connectivity index (χ1v) is 8.85. The van der Waals surface area contributed by atoms with Gasteiger partial charge in [-0.15, -0.1) is 0 Å². The van der Waals surface area contributed by atoms with Gasteiger partial charge in [-0.25, -0.2) is 0 Å². The number of methoxy groups -OCH3 is 1. The summed E-state index contributed by atoms with van der Waals surface area (Å²) in [4.78, 5) is 25.7. The number of rotatable bonds is 9. The largest absolute Gasteiger partial charge is 0.380 e. The number of nitrogens with zero attached hydrogens (tertiary/aromatic N) is 1. The van der Waals surface area contributed by atoms with Crippen molar-refractivity contribution in [3.8, 4) is 0 Å². The standard InChI is InChI=1S/C21H27N3O3/c1-22-21(26)17-10-8-16(9-11-17)13-24(2)14-20(25)23-12-18-6-4-5-7-19(18)15-27-3/h4-11H,12-15H2,1-3H3,(H,22,26)(H,23,25). The molecule has 0 unspecified atom stereocenters. The van der Waals surface area contributed by atoms with Crippen LogP contribution in [-0.4, -0.2) is 44.5 Å². The average molecular weight is 369 g/mol. The predicted molar refractivity (Wildman–Crippen MR) is 105 cm³/mol. The third kappa shape index (κ3) is 6.51. The summed E-state index contributed by atoms with van der Waals surface area (Å²) < 4.78 is 5.19. The van der Waals surface area contributed by atoms with Gasteiger partial charge in [0.25, 0.3) is 5.91 Å². The molecule has 6 nitrogen and oxygen atoms in total. The van der Waals surface area contributed by atoms with Crippen molar-refractivity contribution in [3.05, 3.63) is 70.8 Å². The van der Waals surface area contributed by atoms with E-state index in [0.29, 0.717) is 31.8 Å². The minimum atomic E-state index is -0.108. The molecule has 27 heavy (non-hydrogen) atoms. The summed E-state index contributed by atoms with van der Waals surface area (Å²) in [6.45, 7) is 1.93. The Bertz CT molecular complexity index is 760. The van der Waals surface area contributed by atoms with Gasteiger partial charge in [0.05, 0.1) is 13.2 Å². The molecule has 6 heteroatoms. The van der Waals surface area contributed by atoms with E-state index >= 15 is 0 Å². The van der Waals surface area contributed by atoms with E-state index in [1.54, 1.807) is 26.3 Å². The monoisotopic (exact) mass is 369 g/mol. The van der Waals surface area contributed by atoms with Crippen LogP contribution in [0.5, 0.6) is 0 Å². The van der Waals surface area contributed by atoms with Crippen LogP contribution in [0.2, 0.25) is 0 Å². The van der Waals surface area contributed by atoms with Crippen LogP contribution in [0.25, 0.3) is 0 Å². The van der Waals surface area contributed by atoms with Crippen LogP contribution in [0.4, 0.5) is 0 Å². The lowest BCUT2D eigenvalue weighted by atomic mass is 10.1. The van der Waals surface area contributed by atoms with Crippen LogP contribution in [0, 0.1) is 0 Å². The molecule has 2 N–H and O–H groups in total. The zero-order valence-corrected chi connectivity index (χ0v) is 16.1. The molecule has 0 heterocycles. The molecule has 2 rings (SSSR count). The topological polar surface area (TPSA) is 70.7 Å². The van der Waals surface area contributed by atoms with Crippen molar-refractivity contribution in [2.75, 3.05) is 27.7 Å². The smallest absolute Gasteiger partial charge is 0.251 e. The molecule has 0 spiro atoms. The van der Waals surface area contributed by atoms with Gasteiger partial charge in [-0.2, -0.15) is 0 Å². The third-order valence-electron chi connectivity index (χ3n) is 4.20. The van der Waals surface area contributed by atoms with Crippen molar-refractivity contribution in [3.63, 3.8) is 0 Å². The molecule has 2 amide bonds. The maximum Gasteiger partial charge on any atom is 0.251 e. The third-order valence-corrected chi connectivity index (χ3v) is 4.20. The molecule has 144 valence electrons. The van der Waals surface area contributed by atoms with Crippen LogP contribution in [-0.2, 0) is 29.2 Å². The maximum absolute atomic E-state index is 12.2. The molecule has 0 saturated carbocycles. The van der Waals surface area contributed by atoms with Gasteiger partial charge in [0.2, 0.25) is 5.91 Å². The number of carbonyl (C=O) groups is 2. The first-order chi connectivity index (χ1) is 13.0. The van der Waals surface area contributed by atoms with Crippen molar-refractivity contribution < 1.29 is 14.3 Å². The summed E-state index contributed by atoms with van der Waals surface area (Å²) in [6, 6.07) is 15.3. The summed E-state index contributed by atoms with van der Waals surface area (Å²) in [7, 11) is 5.16. The van der Waals surface area contributed by atoms with Gasteiger partial charge in [-0.3, -0.25) is 14.5 Å². The summed E-state index contributed by atoms with van der Waals surface area (Å²) in [5.74, 6) is -0.144. The number of benzene rings is 2. The molecule has 0 aliphatic carbocycles. The molecule has 0 fully saturated rings. The molecule has 0 atom stereocenters. The van der Waals surface area contributed by atoms with E-state index in [1.807, 2.05) is 48.3 Å². The van der Waals surface area contributed by atoms with Crippen molar-refractivity contribution in [2.24, 2.45) is 0 Å². The molecule has 0 saturated heterocycles. The van der Waals surface area contributed by atoms with Crippen molar-refractivity contribution >= 4 is 11.8 Å². The lowest BCUT2D eigenvalue weighted by Crippen LogP contribution is -2.34. The van der Waals surface area contributed by atoms with Gasteiger partial charge >= 0.3 is 0 Å². The number of amides is 2. The van der Waals surface area contributed by atoms with Crippen molar-refractivity contribution in [1.82, 2.24) is 15.5 Å². The van der Waals surface area contributed by atoms with E-state index in [-0.39, 0.29) is 11.8 Å². The van der Waals surface area contributed by atoms with Gasteiger partial charge in [-0.1, -0.05) is 36.4 Å². The Morgan fingerprint density at radius 2 is 1.70 bits per heavy atom. The number of carbonyl (C=O) groups excluding carboxylic acids is 2. The van der Waals surface area contributed by atoms with E-state index < -0.39 is 0 Å². The van der Waals surface area contributed by atoms with E-state index in [9.17, 15) is 9.59 Å². The highest BCUT2D eigenvalue weighted by atomic mass is 16.5. The second-order valence-electron chi connectivity index (χ2n) is 6.43. The lowest BCUT2D eigenvalue weighted by molar-refractivity contribution is -0.122. The highest BCUT2D eigenvalue weighted by molar-refractivity contribution is 5.93. The SMILES string of the molecule is CNC(=O)c1ccc(CN(C)CC(=O)NCc2ccccc2COC)cc1. The first kappa shape index (κ1) is 20.6. The van der Waals surface area contributed by atoms with Crippen LogP contribution < -0.4 is 10.6 Å². The van der Waals surface area contributed by atoms with Gasteiger partial charge in [0.1, 0.15) is 0 Å². The lowest BCUT2D eigenvalue weighted by Gasteiger charge is -2.17. The fraction of sp³-hybridized carbons (Fsp3) is 0.333. The molecule has 0 bridgehead atoms. The Morgan fingerprint density at radius 3 is 2.33 bits per heavy atom. The normalized spacial score (nSPS) is 10.7. The zero-order valence-electron chi connectivity index (χ0n) is 16.1. The highest BCUT2D eigenvalue weighted by Gasteiger charge is 2.09. The fourth-order valence-corrected chi connectivity index (χ4v) is 2.79. The molecule has 0 aromatic heterocycles. The summed E-state index contributed by atoms with van der Waals surface area (Å²) in [5, 5.41) is 5.55. The minimum Gasteiger partial charge on any atom is -0.380 e. The summed E-state index contributed by atoms with van der Waals surface area (Å²) in [6.07, 6.45) is 0. The molecule has 0 aliphatic heterocycles. The van der Waals surface area contributed by atoms with Crippen molar-refractivity contribution in [2.45, 2.75) is 19.7 Å². The number of nitrogens with one attached hydrogen (secondary N) is 2. The first-order valence-electron chi connectivity index (χ1n) is 8.85. The predicted octanol–water partition coefficient (Wildman–Crippen LogP) is 1.94. The zero-order chi connectivity index (χ0) is 19.6. The number of likely N-dealkylation sites (N-methyl/N-ethyl adjacent to an activating group) is 1.